The summed E-state index contributed by atoms with van der Waals surface area (Å²) in [7, 11) is 2.62. The zero-order chi connectivity index (χ0) is 31.6. The van der Waals surface area contributed by atoms with E-state index in [0.29, 0.717) is 33.6 Å². The highest BCUT2D eigenvalue weighted by molar-refractivity contribution is 5.94. The van der Waals surface area contributed by atoms with Crippen LogP contribution in [0.2, 0.25) is 0 Å². The molecule has 0 saturated carbocycles. The molecule has 0 unspecified atom stereocenters. The van der Waals surface area contributed by atoms with Crippen LogP contribution in [0.5, 0.6) is 0 Å². The zero-order valence-electron chi connectivity index (χ0n) is 25.3. The molecule has 0 aliphatic carbocycles. The second kappa shape index (κ2) is 14.9. The van der Waals surface area contributed by atoms with E-state index < -0.39 is 23.9 Å². The minimum absolute atomic E-state index is 0.0594. The van der Waals surface area contributed by atoms with Crippen molar-refractivity contribution < 1.29 is 38.1 Å². The van der Waals surface area contributed by atoms with Gasteiger partial charge < -0.3 is 28.9 Å². The summed E-state index contributed by atoms with van der Waals surface area (Å²) in [4.78, 5) is 57.2. The minimum Gasteiger partial charge on any atom is -0.469 e. The van der Waals surface area contributed by atoms with E-state index >= 15 is 0 Å². The maximum absolute atomic E-state index is 13.3. The van der Waals surface area contributed by atoms with Gasteiger partial charge in [0, 0.05) is 12.8 Å². The Kier molecular flexibility index (Phi) is 10.7. The van der Waals surface area contributed by atoms with Crippen molar-refractivity contribution in [1.82, 2.24) is 9.97 Å². The normalized spacial score (nSPS) is 10.7. The monoisotopic (exact) mass is 600 g/mol. The average molecular weight is 601 g/mol. The summed E-state index contributed by atoms with van der Waals surface area (Å²) in [5.41, 5.74) is 5.65. The Morgan fingerprint density at radius 1 is 0.591 bits per heavy atom. The van der Waals surface area contributed by atoms with Crippen molar-refractivity contribution >= 4 is 23.9 Å². The molecule has 0 spiro atoms. The number of esters is 4. The first-order valence-electron chi connectivity index (χ1n) is 14.2. The lowest BCUT2D eigenvalue weighted by molar-refractivity contribution is -0.141. The second-order valence-electron chi connectivity index (χ2n) is 10.2. The molecular formula is C34H36N2O8. The third kappa shape index (κ3) is 7.63. The fourth-order valence-electron chi connectivity index (χ4n) is 4.97. The predicted octanol–water partition coefficient (Wildman–Crippen LogP) is 5.55. The van der Waals surface area contributed by atoms with E-state index in [2.05, 4.69) is 9.97 Å². The van der Waals surface area contributed by atoms with Crippen molar-refractivity contribution in [2.75, 3.05) is 14.2 Å². The highest BCUT2D eigenvalue weighted by atomic mass is 16.5. The van der Waals surface area contributed by atoms with Crippen LogP contribution in [0.25, 0.3) is 11.4 Å². The van der Waals surface area contributed by atoms with Crippen LogP contribution < -0.4 is 0 Å². The Bertz CT molecular complexity index is 1500. The van der Waals surface area contributed by atoms with E-state index in [0.717, 1.165) is 11.1 Å². The SMILES string of the molecule is COC(=O)CCc1c(-c2[nH]c(C(=O)OCc3ccccc3)c(C)c2CCC(=O)OC)[nH]c(C(=O)OCc2ccccc2)c1C. The van der Waals surface area contributed by atoms with Gasteiger partial charge in [0.25, 0.3) is 0 Å². The summed E-state index contributed by atoms with van der Waals surface area (Å²) >= 11 is 0. The topological polar surface area (TPSA) is 137 Å². The third-order valence-corrected chi connectivity index (χ3v) is 7.46. The first-order valence-corrected chi connectivity index (χ1v) is 14.2. The van der Waals surface area contributed by atoms with Gasteiger partial charge in [0.15, 0.2) is 0 Å². The van der Waals surface area contributed by atoms with Gasteiger partial charge in [-0.25, -0.2) is 9.59 Å². The van der Waals surface area contributed by atoms with Gasteiger partial charge in [0.05, 0.1) is 25.6 Å². The highest BCUT2D eigenvalue weighted by Gasteiger charge is 2.28. The molecule has 0 aliphatic heterocycles. The van der Waals surface area contributed by atoms with E-state index in [1.165, 1.54) is 14.2 Å². The quantitative estimate of drug-likeness (QED) is 0.151. The largest absolute Gasteiger partial charge is 0.469 e. The summed E-state index contributed by atoms with van der Waals surface area (Å²) < 4.78 is 20.9. The molecule has 0 fully saturated rings. The van der Waals surface area contributed by atoms with Crippen LogP contribution in [0.1, 0.15) is 67.2 Å². The molecule has 0 amide bonds. The first-order chi connectivity index (χ1) is 21.2. The number of hydrogen-bond donors (Lipinski definition) is 2. The Balaban J connectivity index is 1.74. The highest BCUT2D eigenvalue weighted by Crippen LogP contribution is 2.35. The number of aromatic nitrogens is 2. The van der Waals surface area contributed by atoms with E-state index in [1.54, 1.807) is 13.8 Å². The van der Waals surface area contributed by atoms with E-state index in [1.807, 2.05) is 60.7 Å². The Labute approximate surface area is 255 Å². The van der Waals surface area contributed by atoms with E-state index in [-0.39, 0.29) is 50.3 Å². The summed E-state index contributed by atoms with van der Waals surface area (Å²) in [5, 5.41) is 0. The number of H-pyrrole nitrogens is 2. The van der Waals surface area contributed by atoms with Gasteiger partial charge in [-0.1, -0.05) is 60.7 Å². The van der Waals surface area contributed by atoms with Crippen molar-refractivity contribution in [1.29, 1.82) is 0 Å². The fourth-order valence-corrected chi connectivity index (χ4v) is 4.97. The Morgan fingerprint density at radius 2 is 0.955 bits per heavy atom. The van der Waals surface area contributed by atoms with Gasteiger partial charge in [-0.3, -0.25) is 9.59 Å². The van der Waals surface area contributed by atoms with Crippen LogP contribution in [0.3, 0.4) is 0 Å². The lowest BCUT2D eigenvalue weighted by Gasteiger charge is -2.08. The molecule has 44 heavy (non-hydrogen) atoms. The molecule has 4 aromatic rings. The lowest BCUT2D eigenvalue weighted by Crippen LogP contribution is -2.07. The number of rotatable bonds is 13. The molecule has 0 radical (unpaired) electrons. The van der Waals surface area contributed by atoms with Crippen LogP contribution in [-0.4, -0.2) is 48.1 Å². The van der Waals surface area contributed by atoms with Crippen LogP contribution >= 0.6 is 0 Å². The summed E-state index contributed by atoms with van der Waals surface area (Å²) in [6, 6.07) is 18.6. The Hall–Kier alpha value is -5.12. The maximum Gasteiger partial charge on any atom is 0.355 e. The van der Waals surface area contributed by atoms with Crippen LogP contribution in [0.15, 0.2) is 60.7 Å². The molecule has 0 saturated heterocycles. The van der Waals surface area contributed by atoms with Gasteiger partial charge in [-0.05, 0) is 60.1 Å². The van der Waals surface area contributed by atoms with Gasteiger partial charge in [0.2, 0.25) is 0 Å². The summed E-state index contributed by atoms with van der Waals surface area (Å²) in [6.45, 7) is 3.69. The van der Waals surface area contributed by atoms with Gasteiger partial charge in [0.1, 0.15) is 24.6 Å². The molecule has 0 atom stereocenters. The number of benzene rings is 2. The number of methoxy groups -OCH3 is 2. The van der Waals surface area contributed by atoms with E-state index in [9.17, 15) is 19.2 Å². The van der Waals surface area contributed by atoms with Crippen LogP contribution in [0, 0.1) is 13.8 Å². The molecule has 10 nitrogen and oxygen atoms in total. The van der Waals surface area contributed by atoms with Crippen molar-refractivity contribution in [3.63, 3.8) is 0 Å². The summed E-state index contributed by atoms with van der Waals surface area (Å²) in [6.07, 6.45) is 0.616. The van der Waals surface area contributed by atoms with Gasteiger partial charge in [-0.2, -0.15) is 0 Å². The van der Waals surface area contributed by atoms with Crippen molar-refractivity contribution in [2.45, 2.75) is 52.7 Å². The van der Waals surface area contributed by atoms with Crippen molar-refractivity contribution in [3.8, 4) is 11.4 Å². The van der Waals surface area contributed by atoms with Gasteiger partial charge >= 0.3 is 23.9 Å². The molecule has 10 heteroatoms. The third-order valence-electron chi connectivity index (χ3n) is 7.46. The molecule has 2 aromatic heterocycles. The lowest BCUT2D eigenvalue weighted by atomic mass is 9.98. The number of carbonyl (C=O) groups is 4. The number of aromatic amines is 2. The molecule has 4 rings (SSSR count). The van der Waals surface area contributed by atoms with Crippen molar-refractivity contribution in [3.05, 3.63) is 105 Å². The maximum atomic E-state index is 13.3. The molecular weight excluding hydrogens is 564 g/mol. The fraction of sp³-hybridized carbons (Fsp3) is 0.294. The molecule has 0 bridgehead atoms. The Morgan fingerprint density at radius 3 is 1.30 bits per heavy atom. The van der Waals surface area contributed by atoms with Crippen molar-refractivity contribution in [2.24, 2.45) is 0 Å². The zero-order valence-corrected chi connectivity index (χ0v) is 25.3. The number of carbonyl (C=O) groups excluding carboxylic acids is 4. The number of ether oxygens (including phenoxy) is 4. The van der Waals surface area contributed by atoms with E-state index in [4.69, 9.17) is 18.9 Å². The second-order valence-corrected chi connectivity index (χ2v) is 10.2. The first kappa shape index (κ1) is 31.8. The van der Waals surface area contributed by atoms with Gasteiger partial charge in [-0.15, -0.1) is 0 Å². The molecule has 2 N–H and O–H groups in total. The number of hydrogen-bond acceptors (Lipinski definition) is 8. The minimum atomic E-state index is -0.571. The molecule has 0 aliphatic rings. The summed E-state index contributed by atoms with van der Waals surface area (Å²) in [5.74, 6) is -1.97. The molecule has 230 valence electrons. The van der Waals surface area contributed by atoms with Crippen LogP contribution in [-0.2, 0) is 54.6 Å². The molecule has 2 heterocycles. The smallest absolute Gasteiger partial charge is 0.355 e. The standard InChI is InChI=1S/C34H36N2O8/c1-21-25(15-17-27(37)41-3)31(35-29(21)33(39)43-19-23-11-7-5-8-12-23)32-26(16-18-28(38)42-4)22(2)30(36-32)34(40)44-20-24-13-9-6-10-14-24/h5-14,35-36H,15-20H2,1-4H3. The van der Waals surface area contributed by atoms with Crippen LogP contribution in [0.4, 0.5) is 0 Å². The predicted molar refractivity (Wildman–Crippen MR) is 162 cm³/mol. The molecule has 2 aromatic carbocycles. The average Bonchev–Trinajstić information content (AvgIpc) is 3.56. The number of nitrogens with one attached hydrogen (secondary N) is 2.